The molecule has 0 saturated carbocycles. The first-order valence-corrected chi connectivity index (χ1v) is 6.44. The van der Waals surface area contributed by atoms with Crippen LogP contribution < -0.4 is 27.4 Å². The average Bonchev–Trinajstić information content (AvgIpc) is 2.47. The van der Waals surface area contributed by atoms with Gasteiger partial charge in [-0.3, -0.25) is 20.4 Å². The van der Waals surface area contributed by atoms with Crippen molar-refractivity contribution >= 4 is 29.1 Å². The van der Waals surface area contributed by atoms with Gasteiger partial charge in [0, 0.05) is 36.6 Å². The van der Waals surface area contributed by atoms with Gasteiger partial charge in [-0.25, -0.2) is 11.7 Å². The fourth-order valence-electron chi connectivity index (χ4n) is 1.64. The molecule has 0 aliphatic carbocycles. The number of nitrogens with two attached hydrogens (primary N) is 2. The molecule has 0 unspecified atom stereocenters. The van der Waals surface area contributed by atoms with Gasteiger partial charge < -0.3 is 4.90 Å². The topological polar surface area (TPSA) is 113 Å². The number of nitrogens with one attached hydrogen (secondary N) is 2. The molecule has 0 radical (unpaired) electrons. The molecule has 110 valence electrons. The predicted octanol–water partition coefficient (Wildman–Crippen LogP) is -0.0936. The van der Waals surface area contributed by atoms with Crippen molar-refractivity contribution in [3.05, 3.63) is 29.3 Å². The van der Waals surface area contributed by atoms with E-state index in [4.69, 9.17) is 23.3 Å². The summed E-state index contributed by atoms with van der Waals surface area (Å²) < 4.78 is 0. The number of carbonyl (C=O) groups excluding carboxylic acids is 2. The van der Waals surface area contributed by atoms with Crippen LogP contribution in [0.4, 0.5) is 5.69 Å². The van der Waals surface area contributed by atoms with E-state index in [1.807, 2.05) is 17.0 Å². The fourth-order valence-corrected chi connectivity index (χ4v) is 1.77. The highest BCUT2D eigenvalue weighted by molar-refractivity contribution is 6.30. The largest absolute Gasteiger partial charge is 0.370 e. The Kier molecular flexibility index (Phi) is 6.78. The second kappa shape index (κ2) is 8.36. The molecular formula is C12H18ClN5O2. The molecule has 0 atom stereocenters. The minimum atomic E-state index is -0.271. The van der Waals surface area contributed by atoms with Gasteiger partial charge in [0.15, 0.2) is 0 Å². The van der Waals surface area contributed by atoms with E-state index >= 15 is 0 Å². The van der Waals surface area contributed by atoms with Crippen LogP contribution in [-0.4, -0.2) is 24.9 Å². The number of hydrazine groups is 2. The summed E-state index contributed by atoms with van der Waals surface area (Å²) in [6, 6.07) is 7.14. The monoisotopic (exact) mass is 299 g/mol. The Balaban J connectivity index is 2.69. The summed E-state index contributed by atoms with van der Waals surface area (Å²) in [6.45, 7) is 0.866. The van der Waals surface area contributed by atoms with Crippen LogP contribution >= 0.6 is 11.6 Å². The van der Waals surface area contributed by atoms with Crippen molar-refractivity contribution < 1.29 is 9.59 Å². The third-order valence-electron chi connectivity index (χ3n) is 2.73. The van der Waals surface area contributed by atoms with E-state index < -0.39 is 0 Å². The highest BCUT2D eigenvalue weighted by atomic mass is 35.5. The highest BCUT2D eigenvalue weighted by Gasteiger charge is 2.10. The molecule has 0 saturated heterocycles. The van der Waals surface area contributed by atoms with Crippen molar-refractivity contribution in [2.45, 2.75) is 12.8 Å². The van der Waals surface area contributed by atoms with Crippen LogP contribution in [0, 0.1) is 0 Å². The lowest BCUT2D eigenvalue weighted by Crippen LogP contribution is -2.37. The molecule has 1 aromatic carbocycles. The molecular weight excluding hydrogens is 282 g/mol. The molecule has 2 amide bonds. The van der Waals surface area contributed by atoms with Crippen LogP contribution in [0.1, 0.15) is 12.8 Å². The summed E-state index contributed by atoms with van der Waals surface area (Å²) in [5.74, 6) is 9.55. The van der Waals surface area contributed by atoms with Gasteiger partial charge >= 0.3 is 0 Å². The van der Waals surface area contributed by atoms with Gasteiger partial charge in [-0.2, -0.15) is 0 Å². The second-order valence-corrected chi connectivity index (χ2v) is 4.53. The number of benzene rings is 1. The first kappa shape index (κ1) is 16.2. The minimum absolute atomic E-state index is 0.226. The summed E-state index contributed by atoms with van der Waals surface area (Å²) in [5.41, 5.74) is 5.01. The van der Waals surface area contributed by atoms with Crippen LogP contribution in [0.25, 0.3) is 0 Å². The molecule has 0 bridgehead atoms. The first-order chi connectivity index (χ1) is 9.56. The molecule has 0 fully saturated rings. The Morgan fingerprint density at radius 2 is 1.45 bits per heavy atom. The number of halogens is 1. The molecule has 6 N–H and O–H groups in total. The Morgan fingerprint density at radius 3 is 1.85 bits per heavy atom. The van der Waals surface area contributed by atoms with Gasteiger partial charge in [-0.1, -0.05) is 11.6 Å². The third kappa shape index (κ3) is 5.43. The molecule has 0 aromatic heterocycles. The van der Waals surface area contributed by atoms with Crippen molar-refractivity contribution in [2.75, 3.05) is 18.0 Å². The molecule has 0 aliphatic rings. The molecule has 1 rings (SSSR count). The number of hydrogen-bond acceptors (Lipinski definition) is 5. The first-order valence-electron chi connectivity index (χ1n) is 6.06. The zero-order valence-corrected chi connectivity index (χ0v) is 11.7. The van der Waals surface area contributed by atoms with Crippen LogP contribution in [-0.2, 0) is 9.59 Å². The average molecular weight is 300 g/mol. The zero-order chi connectivity index (χ0) is 15.0. The van der Waals surface area contributed by atoms with Crippen molar-refractivity contribution in [3.8, 4) is 0 Å². The smallest absolute Gasteiger partial charge is 0.235 e. The van der Waals surface area contributed by atoms with E-state index in [0.29, 0.717) is 18.1 Å². The number of nitrogens with zero attached hydrogens (tertiary/aromatic N) is 1. The summed E-state index contributed by atoms with van der Waals surface area (Å²) >= 11 is 5.84. The molecule has 8 heteroatoms. The Labute approximate surface area is 122 Å². The minimum Gasteiger partial charge on any atom is -0.370 e. The van der Waals surface area contributed by atoms with Gasteiger partial charge in [-0.15, -0.1) is 0 Å². The van der Waals surface area contributed by atoms with Crippen LogP contribution in [0.3, 0.4) is 0 Å². The van der Waals surface area contributed by atoms with E-state index in [2.05, 4.69) is 10.9 Å². The van der Waals surface area contributed by atoms with E-state index in [1.54, 1.807) is 12.1 Å². The fraction of sp³-hybridized carbons (Fsp3) is 0.333. The summed E-state index contributed by atoms with van der Waals surface area (Å²) in [4.78, 5) is 24.3. The Morgan fingerprint density at radius 1 is 1.00 bits per heavy atom. The quantitative estimate of drug-likeness (QED) is 0.319. The van der Waals surface area contributed by atoms with Gasteiger partial charge in [0.05, 0.1) is 0 Å². The van der Waals surface area contributed by atoms with Crippen molar-refractivity contribution in [1.82, 2.24) is 10.9 Å². The number of anilines is 1. The molecule has 0 aliphatic heterocycles. The predicted molar refractivity (Wildman–Crippen MR) is 77.6 cm³/mol. The zero-order valence-electron chi connectivity index (χ0n) is 10.9. The van der Waals surface area contributed by atoms with E-state index in [1.165, 1.54) is 0 Å². The normalized spacial score (nSPS) is 9.95. The number of carbonyl (C=O) groups is 2. The standard InChI is InChI=1S/C12H18ClN5O2/c13-9-1-3-10(4-2-9)18(7-5-11(19)16-14)8-6-12(20)17-15/h1-4H,5-8,14-15H2,(H,16,19)(H,17,20). The van der Waals surface area contributed by atoms with Crippen molar-refractivity contribution in [3.63, 3.8) is 0 Å². The van der Waals surface area contributed by atoms with Gasteiger partial charge in [0.2, 0.25) is 11.8 Å². The number of rotatable bonds is 7. The van der Waals surface area contributed by atoms with Crippen molar-refractivity contribution in [1.29, 1.82) is 0 Å². The second-order valence-electron chi connectivity index (χ2n) is 4.10. The Bertz CT molecular complexity index is 432. The maximum Gasteiger partial charge on any atom is 0.235 e. The molecule has 0 spiro atoms. The van der Waals surface area contributed by atoms with Crippen LogP contribution in [0.2, 0.25) is 5.02 Å². The van der Waals surface area contributed by atoms with Gasteiger partial charge in [0.25, 0.3) is 0 Å². The van der Waals surface area contributed by atoms with Crippen LogP contribution in [0.15, 0.2) is 24.3 Å². The van der Waals surface area contributed by atoms with Gasteiger partial charge in [0.1, 0.15) is 0 Å². The summed E-state index contributed by atoms with van der Waals surface area (Å²) in [6.07, 6.45) is 0.451. The lowest BCUT2D eigenvalue weighted by atomic mass is 10.2. The van der Waals surface area contributed by atoms with Crippen LogP contribution in [0.5, 0.6) is 0 Å². The third-order valence-corrected chi connectivity index (χ3v) is 2.98. The summed E-state index contributed by atoms with van der Waals surface area (Å²) in [7, 11) is 0. The van der Waals surface area contributed by atoms with E-state index in [9.17, 15) is 9.59 Å². The Hall–Kier alpha value is -1.83. The van der Waals surface area contributed by atoms with Crippen molar-refractivity contribution in [2.24, 2.45) is 11.7 Å². The maximum atomic E-state index is 11.2. The van der Waals surface area contributed by atoms with E-state index in [0.717, 1.165) is 5.69 Å². The number of hydrogen-bond donors (Lipinski definition) is 4. The summed E-state index contributed by atoms with van der Waals surface area (Å²) in [5, 5.41) is 0.619. The number of amides is 2. The molecule has 7 nitrogen and oxygen atoms in total. The highest BCUT2D eigenvalue weighted by Crippen LogP contribution is 2.18. The molecule has 0 heterocycles. The lowest BCUT2D eigenvalue weighted by molar-refractivity contribution is -0.121. The SMILES string of the molecule is NNC(=O)CCN(CCC(=O)NN)c1ccc(Cl)cc1. The molecule has 1 aromatic rings. The maximum absolute atomic E-state index is 11.2. The van der Waals surface area contributed by atoms with E-state index in [-0.39, 0.29) is 24.7 Å². The molecule has 20 heavy (non-hydrogen) atoms. The lowest BCUT2D eigenvalue weighted by Gasteiger charge is -2.24. The van der Waals surface area contributed by atoms with Gasteiger partial charge in [-0.05, 0) is 24.3 Å².